The molecule has 154 valence electrons. The molecule has 3 rings (SSSR count). The van der Waals surface area contributed by atoms with Crippen LogP contribution in [0.3, 0.4) is 0 Å². The van der Waals surface area contributed by atoms with Crippen LogP contribution in [-0.4, -0.2) is 49.9 Å². The Hall–Kier alpha value is -2.89. The fourth-order valence-electron chi connectivity index (χ4n) is 2.87. The van der Waals surface area contributed by atoms with E-state index in [0.29, 0.717) is 18.8 Å². The molecule has 9 nitrogen and oxygen atoms in total. The third kappa shape index (κ3) is 4.42. The molecule has 0 radical (unpaired) electrons. The molecular formula is C18H18FN3O6S. The van der Waals surface area contributed by atoms with Crippen molar-refractivity contribution in [2.75, 3.05) is 31.6 Å². The smallest absolute Gasteiger partial charge is 0.306 e. The highest BCUT2D eigenvalue weighted by Gasteiger charge is 2.27. The van der Waals surface area contributed by atoms with E-state index in [1.54, 1.807) is 6.92 Å². The summed E-state index contributed by atoms with van der Waals surface area (Å²) in [5.74, 6) is -1.69. The topological polar surface area (TPSA) is 119 Å². The van der Waals surface area contributed by atoms with Gasteiger partial charge in [-0.1, -0.05) is 6.07 Å². The Morgan fingerprint density at radius 3 is 2.55 bits per heavy atom. The van der Waals surface area contributed by atoms with Crippen molar-refractivity contribution in [3.8, 4) is 0 Å². The molecule has 1 amide bonds. The number of benzene rings is 2. The standard InChI is InChI=1S/C18H18FN3O6S/c1-12-2-4-14(29(26,27)21-6-8-28-9-7-21)11-15(12)18(23)20-13-3-5-16(19)17(10-13)22(24)25/h2-5,10-11H,6-9H2,1H3,(H,20,23). The number of nitrogens with zero attached hydrogens (tertiary/aromatic N) is 2. The minimum absolute atomic E-state index is 0.0175. The lowest BCUT2D eigenvalue weighted by atomic mass is 10.1. The number of carbonyl (C=O) groups is 1. The molecule has 0 spiro atoms. The van der Waals surface area contributed by atoms with Gasteiger partial charge in [0.25, 0.3) is 5.91 Å². The number of nitrogens with one attached hydrogen (secondary N) is 1. The number of sulfonamides is 1. The van der Waals surface area contributed by atoms with Gasteiger partial charge in [0.15, 0.2) is 0 Å². The van der Waals surface area contributed by atoms with Gasteiger partial charge in [0, 0.05) is 30.4 Å². The summed E-state index contributed by atoms with van der Waals surface area (Å²) >= 11 is 0. The molecule has 2 aromatic carbocycles. The third-order valence-corrected chi connectivity index (χ3v) is 6.36. The van der Waals surface area contributed by atoms with Crippen molar-refractivity contribution in [2.24, 2.45) is 0 Å². The number of carbonyl (C=O) groups excluding carboxylic acids is 1. The largest absolute Gasteiger partial charge is 0.379 e. The van der Waals surface area contributed by atoms with Crippen LogP contribution in [0.2, 0.25) is 0 Å². The summed E-state index contributed by atoms with van der Waals surface area (Å²) in [6, 6.07) is 7.14. The van der Waals surface area contributed by atoms with E-state index < -0.39 is 32.4 Å². The maximum atomic E-state index is 13.5. The first kappa shape index (κ1) is 20.8. The van der Waals surface area contributed by atoms with Gasteiger partial charge < -0.3 is 10.1 Å². The number of hydrogen-bond acceptors (Lipinski definition) is 6. The molecule has 1 heterocycles. The predicted octanol–water partition coefficient (Wildman–Crippen LogP) is 2.32. The fourth-order valence-corrected chi connectivity index (χ4v) is 4.31. The number of nitro groups is 1. The van der Waals surface area contributed by atoms with Crippen molar-refractivity contribution in [3.63, 3.8) is 0 Å². The molecule has 0 atom stereocenters. The quantitative estimate of drug-likeness (QED) is 0.582. The number of rotatable bonds is 5. The highest BCUT2D eigenvalue weighted by molar-refractivity contribution is 7.89. The Labute approximate surface area is 166 Å². The van der Waals surface area contributed by atoms with E-state index in [9.17, 15) is 27.7 Å². The minimum atomic E-state index is -3.80. The predicted molar refractivity (Wildman–Crippen MR) is 102 cm³/mol. The van der Waals surface area contributed by atoms with Crippen LogP contribution in [0.1, 0.15) is 15.9 Å². The van der Waals surface area contributed by atoms with Gasteiger partial charge in [-0.3, -0.25) is 14.9 Å². The summed E-state index contributed by atoms with van der Waals surface area (Å²) in [4.78, 5) is 22.6. The van der Waals surface area contributed by atoms with Crippen LogP contribution < -0.4 is 5.32 Å². The molecule has 0 saturated carbocycles. The number of nitro benzene ring substituents is 1. The van der Waals surface area contributed by atoms with Gasteiger partial charge in [0.05, 0.1) is 23.0 Å². The average Bonchev–Trinajstić information content (AvgIpc) is 2.70. The molecule has 2 aromatic rings. The average molecular weight is 423 g/mol. The van der Waals surface area contributed by atoms with E-state index in [1.807, 2.05) is 0 Å². The monoisotopic (exact) mass is 423 g/mol. The summed E-state index contributed by atoms with van der Waals surface area (Å²) in [6.07, 6.45) is 0. The summed E-state index contributed by atoms with van der Waals surface area (Å²) in [5.41, 5.74) is -0.154. The second kappa shape index (κ2) is 8.23. The maximum absolute atomic E-state index is 13.5. The number of amides is 1. The van der Waals surface area contributed by atoms with E-state index in [0.717, 1.165) is 12.1 Å². The van der Waals surface area contributed by atoms with E-state index in [-0.39, 0.29) is 29.2 Å². The zero-order valence-corrected chi connectivity index (χ0v) is 16.2. The Morgan fingerprint density at radius 2 is 1.90 bits per heavy atom. The maximum Gasteiger partial charge on any atom is 0.306 e. The van der Waals surface area contributed by atoms with Crippen molar-refractivity contribution < 1.29 is 27.3 Å². The first-order valence-corrected chi connectivity index (χ1v) is 10.1. The van der Waals surface area contributed by atoms with E-state index in [1.165, 1.54) is 28.6 Å². The molecule has 1 N–H and O–H groups in total. The van der Waals surface area contributed by atoms with Crippen molar-refractivity contribution in [3.05, 3.63) is 63.5 Å². The molecule has 11 heteroatoms. The summed E-state index contributed by atoms with van der Waals surface area (Å²) in [7, 11) is -3.80. The van der Waals surface area contributed by atoms with Crippen LogP contribution >= 0.6 is 0 Å². The molecule has 29 heavy (non-hydrogen) atoms. The molecule has 0 aromatic heterocycles. The number of morpholine rings is 1. The Kier molecular flexibility index (Phi) is 5.91. The van der Waals surface area contributed by atoms with Crippen LogP contribution in [-0.2, 0) is 14.8 Å². The Balaban J connectivity index is 1.89. The van der Waals surface area contributed by atoms with Crippen molar-refractivity contribution in [1.29, 1.82) is 0 Å². The van der Waals surface area contributed by atoms with Crippen molar-refractivity contribution in [2.45, 2.75) is 11.8 Å². The van der Waals surface area contributed by atoms with Crippen molar-refractivity contribution >= 4 is 27.3 Å². The second-order valence-corrected chi connectivity index (χ2v) is 8.31. The van der Waals surface area contributed by atoms with Gasteiger partial charge in [-0.05, 0) is 36.8 Å². The molecule has 1 aliphatic rings. The number of aryl methyl sites for hydroxylation is 1. The highest BCUT2D eigenvalue weighted by atomic mass is 32.2. The van der Waals surface area contributed by atoms with Gasteiger partial charge in [-0.2, -0.15) is 8.70 Å². The first-order valence-electron chi connectivity index (χ1n) is 8.64. The number of hydrogen-bond donors (Lipinski definition) is 1. The zero-order valence-electron chi connectivity index (χ0n) is 15.4. The van der Waals surface area contributed by atoms with Gasteiger partial charge in [0.2, 0.25) is 15.8 Å². The van der Waals surface area contributed by atoms with Crippen molar-refractivity contribution in [1.82, 2.24) is 4.31 Å². The molecular weight excluding hydrogens is 405 g/mol. The summed E-state index contributed by atoms with van der Waals surface area (Å²) in [6.45, 7) is 2.66. The van der Waals surface area contributed by atoms with Crippen LogP contribution in [0.15, 0.2) is 41.3 Å². The van der Waals surface area contributed by atoms with Crippen LogP contribution in [0, 0.1) is 22.9 Å². The normalized spacial score (nSPS) is 15.1. The van der Waals surface area contributed by atoms with E-state index >= 15 is 0 Å². The van der Waals surface area contributed by atoms with Crippen LogP contribution in [0.5, 0.6) is 0 Å². The molecule has 0 unspecified atom stereocenters. The van der Waals surface area contributed by atoms with E-state index in [4.69, 9.17) is 4.74 Å². The minimum Gasteiger partial charge on any atom is -0.379 e. The number of halogens is 1. The molecule has 1 fully saturated rings. The van der Waals surface area contributed by atoms with Gasteiger partial charge >= 0.3 is 5.69 Å². The van der Waals surface area contributed by atoms with Gasteiger partial charge in [0.1, 0.15) is 0 Å². The Morgan fingerprint density at radius 1 is 1.21 bits per heavy atom. The van der Waals surface area contributed by atoms with Gasteiger partial charge in [-0.15, -0.1) is 0 Å². The van der Waals surface area contributed by atoms with Crippen LogP contribution in [0.4, 0.5) is 15.8 Å². The summed E-state index contributed by atoms with van der Waals surface area (Å²) in [5, 5.41) is 13.3. The van der Waals surface area contributed by atoms with Crippen LogP contribution in [0.25, 0.3) is 0 Å². The number of ether oxygens (including phenoxy) is 1. The third-order valence-electron chi connectivity index (χ3n) is 4.46. The molecule has 1 saturated heterocycles. The SMILES string of the molecule is Cc1ccc(S(=O)(=O)N2CCOCC2)cc1C(=O)Nc1ccc(F)c([N+](=O)[O-])c1. The molecule has 1 aliphatic heterocycles. The zero-order chi connectivity index (χ0) is 21.2. The second-order valence-electron chi connectivity index (χ2n) is 6.37. The lowest BCUT2D eigenvalue weighted by Crippen LogP contribution is -2.40. The van der Waals surface area contributed by atoms with Gasteiger partial charge in [-0.25, -0.2) is 8.42 Å². The Bertz CT molecular complexity index is 1070. The summed E-state index contributed by atoms with van der Waals surface area (Å²) < 4.78 is 45.5. The fraction of sp³-hybridized carbons (Fsp3) is 0.278. The first-order chi connectivity index (χ1) is 13.7. The highest BCUT2D eigenvalue weighted by Crippen LogP contribution is 2.24. The van der Waals surface area contributed by atoms with E-state index in [2.05, 4.69) is 5.32 Å². The lowest BCUT2D eigenvalue weighted by Gasteiger charge is -2.26. The number of anilines is 1. The lowest BCUT2D eigenvalue weighted by molar-refractivity contribution is -0.387. The molecule has 0 bridgehead atoms. The molecule has 0 aliphatic carbocycles.